The zero-order valence-electron chi connectivity index (χ0n) is 7.37. The van der Waals surface area contributed by atoms with Crippen LogP contribution in [0.5, 0.6) is 0 Å². The molecule has 5 heteroatoms. The smallest absolute Gasteiger partial charge is 0.341 e. The van der Waals surface area contributed by atoms with Crippen LogP contribution in [0.2, 0.25) is 0 Å². The van der Waals surface area contributed by atoms with Gasteiger partial charge in [0.2, 0.25) is 0 Å². The molecule has 0 saturated heterocycles. The maximum Gasteiger partial charge on any atom is 0.341 e. The molecule has 1 heterocycles. The van der Waals surface area contributed by atoms with Crippen LogP contribution in [-0.4, -0.2) is 18.1 Å². The number of esters is 1. The van der Waals surface area contributed by atoms with Crippen molar-refractivity contribution >= 4 is 29.3 Å². The lowest BCUT2D eigenvalue weighted by atomic mass is 10.2. The van der Waals surface area contributed by atoms with Crippen molar-refractivity contribution in [3.05, 3.63) is 28.6 Å². The summed E-state index contributed by atoms with van der Waals surface area (Å²) >= 11 is 4.82. The van der Waals surface area contributed by atoms with E-state index in [9.17, 15) is 4.79 Å². The van der Waals surface area contributed by atoms with Gasteiger partial charge in [0.25, 0.3) is 4.84 Å². The van der Waals surface area contributed by atoms with Gasteiger partial charge in [-0.2, -0.15) is 0 Å². The van der Waals surface area contributed by atoms with Crippen LogP contribution in [0, 0.1) is 4.84 Å². The molecule has 1 aromatic heterocycles. The van der Waals surface area contributed by atoms with E-state index in [1.54, 1.807) is 18.2 Å². The van der Waals surface area contributed by atoms with Gasteiger partial charge in [-0.3, -0.25) is 0 Å². The average molecular weight is 209 g/mol. The van der Waals surface area contributed by atoms with Gasteiger partial charge < -0.3 is 14.1 Å². The Hall–Kier alpha value is -1.62. The van der Waals surface area contributed by atoms with Crippen molar-refractivity contribution < 1.29 is 13.9 Å². The van der Waals surface area contributed by atoms with Crippen LogP contribution in [0.4, 0.5) is 0 Å². The molecule has 72 valence electrons. The number of aromatic amines is 1. The molecule has 4 nitrogen and oxygen atoms in total. The Labute approximate surface area is 84.5 Å². The monoisotopic (exact) mass is 209 g/mol. The molecule has 0 bridgehead atoms. The van der Waals surface area contributed by atoms with E-state index in [1.807, 2.05) is 0 Å². The van der Waals surface area contributed by atoms with Crippen LogP contribution in [0.3, 0.4) is 0 Å². The van der Waals surface area contributed by atoms with E-state index in [2.05, 4.69) is 9.72 Å². The summed E-state index contributed by atoms with van der Waals surface area (Å²) in [7, 11) is 1.32. The maximum absolute atomic E-state index is 11.3. The van der Waals surface area contributed by atoms with Crippen molar-refractivity contribution in [2.45, 2.75) is 0 Å². The highest BCUT2D eigenvalue weighted by Gasteiger charge is 2.12. The number of carbonyl (C=O) groups excluding carboxylic acids is 1. The van der Waals surface area contributed by atoms with Crippen LogP contribution in [-0.2, 0) is 4.74 Å². The Bertz CT molecular complexity index is 540. The Morgan fingerprint density at radius 2 is 2.36 bits per heavy atom. The van der Waals surface area contributed by atoms with Gasteiger partial charge in [0.05, 0.1) is 12.6 Å². The largest absolute Gasteiger partial charge is 0.465 e. The van der Waals surface area contributed by atoms with Gasteiger partial charge in [-0.25, -0.2) is 4.79 Å². The quantitative estimate of drug-likeness (QED) is 0.578. The Morgan fingerprint density at radius 1 is 1.57 bits per heavy atom. The van der Waals surface area contributed by atoms with E-state index in [0.29, 0.717) is 16.7 Å². The molecule has 0 spiro atoms. The molecule has 0 saturated carbocycles. The minimum Gasteiger partial charge on any atom is -0.465 e. The molecule has 2 rings (SSSR count). The number of methoxy groups -OCH3 is 1. The lowest BCUT2D eigenvalue weighted by Gasteiger charge is -1.97. The average Bonchev–Trinajstić information content (AvgIpc) is 2.56. The third-order valence-corrected chi connectivity index (χ3v) is 2.04. The molecular formula is C9H7NO3S. The molecule has 14 heavy (non-hydrogen) atoms. The van der Waals surface area contributed by atoms with Crippen molar-refractivity contribution in [3.63, 3.8) is 0 Å². The lowest BCUT2D eigenvalue weighted by molar-refractivity contribution is 0.0601. The number of H-pyrrole nitrogens is 1. The zero-order valence-corrected chi connectivity index (χ0v) is 8.18. The fourth-order valence-corrected chi connectivity index (χ4v) is 1.44. The van der Waals surface area contributed by atoms with E-state index in [0.717, 1.165) is 0 Å². The minimum atomic E-state index is -0.437. The number of aromatic nitrogens is 1. The summed E-state index contributed by atoms with van der Waals surface area (Å²) in [4.78, 5) is 14.4. The zero-order chi connectivity index (χ0) is 10.1. The fourth-order valence-electron chi connectivity index (χ4n) is 1.24. The number of benzene rings is 1. The van der Waals surface area contributed by atoms with E-state index in [4.69, 9.17) is 16.6 Å². The Balaban J connectivity index is 2.76. The minimum absolute atomic E-state index is 0.247. The third kappa shape index (κ3) is 1.31. The lowest BCUT2D eigenvalue weighted by Crippen LogP contribution is -2.00. The highest BCUT2D eigenvalue weighted by atomic mass is 32.1. The second-order valence-corrected chi connectivity index (χ2v) is 3.06. The van der Waals surface area contributed by atoms with Gasteiger partial charge in [0.15, 0.2) is 5.58 Å². The van der Waals surface area contributed by atoms with Crippen molar-refractivity contribution in [1.82, 2.24) is 4.98 Å². The second-order valence-electron chi connectivity index (χ2n) is 2.69. The van der Waals surface area contributed by atoms with Gasteiger partial charge in [-0.05, 0) is 24.4 Å². The maximum atomic E-state index is 11.3. The van der Waals surface area contributed by atoms with Crippen LogP contribution >= 0.6 is 12.2 Å². The van der Waals surface area contributed by atoms with Crippen molar-refractivity contribution in [3.8, 4) is 0 Å². The van der Waals surface area contributed by atoms with Crippen LogP contribution < -0.4 is 0 Å². The molecule has 0 aliphatic rings. The highest BCUT2D eigenvalue weighted by Crippen LogP contribution is 2.18. The summed E-state index contributed by atoms with van der Waals surface area (Å²) in [6.07, 6.45) is 0. The molecule has 0 fully saturated rings. The van der Waals surface area contributed by atoms with E-state index >= 15 is 0 Å². The number of oxazole rings is 1. The molecule has 1 aromatic carbocycles. The molecule has 0 unspecified atom stereocenters. The first-order valence-electron chi connectivity index (χ1n) is 3.92. The van der Waals surface area contributed by atoms with Crippen molar-refractivity contribution in [2.24, 2.45) is 0 Å². The van der Waals surface area contributed by atoms with Gasteiger partial charge >= 0.3 is 5.97 Å². The topological polar surface area (TPSA) is 55.2 Å². The fraction of sp³-hybridized carbons (Fsp3) is 0.111. The molecule has 0 aliphatic heterocycles. The van der Waals surface area contributed by atoms with Crippen molar-refractivity contribution in [1.29, 1.82) is 0 Å². The van der Waals surface area contributed by atoms with Crippen LogP contribution in [0.15, 0.2) is 22.6 Å². The molecule has 2 aromatic rings. The molecule has 0 atom stereocenters. The summed E-state index contributed by atoms with van der Waals surface area (Å²) < 4.78 is 9.79. The van der Waals surface area contributed by atoms with E-state index < -0.39 is 5.97 Å². The predicted molar refractivity (Wildman–Crippen MR) is 52.7 cm³/mol. The number of fused-ring (bicyclic) bond motifs is 1. The van der Waals surface area contributed by atoms with Crippen molar-refractivity contribution in [2.75, 3.05) is 7.11 Å². The first-order valence-corrected chi connectivity index (χ1v) is 4.33. The molecule has 0 aliphatic carbocycles. The van der Waals surface area contributed by atoms with Crippen LogP contribution in [0.25, 0.3) is 11.1 Å². The first-order chi connectivity index (χ1) is 6.72. The molecular weight excluding hydrogens is 202 g/mol. The Kier molecular flexibility index (Phi) is 2.09. The predicted octanol–water partition coefficient (Wildman–Crippen LogP) is 2.28. The summed E-state index contributed by atoms with van der Waals surface area (Å²) in [5.74, 6) is -0.437. The van der Waals surface area contributed by atoms with Gasteiger partial charge in [0, 0.05) is 0 Å². The summed E-state index contributed by atoms with van der Waals surface area (Å²) in [5.41, 5.74) is 1.50. The standard InChI is InChI=1S/C9H7NO3S/c1-12-8(11)5-3-2-4-6-7(5)13-9(14)10-6/h2-4H,1H3,(H,10,14). The van der Waals surface area contributed by atoms with E-state index in [-0.39, 0.29) is 4.84 Å². The van der Waals surface area contributed by atoms with Gasteiger partial charge in [0.1, 0.15) is 5.56 Å². The SMILES string of the molecule is COC(=O)c1cccc2[nH]c(=S)oc12. The second kappa shape index (κ2) is 3.26. The van der Waals surface area contributed by atoms with Crippen LogP contribution in [0.1, 0.15) is 10.4 Å². The van der Waals surface area contributed by atoms with Gasteiger partial charge in [-0.1, -0.05) is 6.07 Å². The number of carbonyl (C=O) groups is 1. The summed E-state index contributed by atoms with van der Waals surface area (Å²) in [6, 6.07) is 5.14. The number of nitrogens with one attached hydrogen (secondary N) is 1. The third-order valence-electron chi connectivity index (χ3n) is 1.85. The number of rotatable bonds is 1. The molecule has 0 radical (unpaired) electrons. The summed E-state index contributed by atoms with van der Waals surface area (Å²) in [6.45, 7) is 0. The van der Waals surface area contributed by atoms with Gasteiger partial charge in [-0.15, -0.1) is 0 Å². The number of hydrogen-bond acceptors (Lipinski definition) is 4. The molecule has 0 amide bonds. The molecule has 1 N–H and O–H groups in total. The van der Waals surface area contributed by atoms with E-state index in [1.165, 1.54) is 7.11 Å². The Morgan fingerprint density at radius 3 is 3.07 bits per heavy atom. The normalized spacial score (nSPS) is 10.4. The number of hydrogen-bond donors (Lipinski definition) is 1. The highest BCUT2D eigenvalue weighted by molar-refractivity contribution is 7.71. The number of para-hydroxylation sites is 1. The number of ether oxygens (including phenoxy) is 1. The summed E-state index contributed by atoms with van der Waals surface area (Å²) in [5, 5.41) is 0. The first kappa shape index (κ1) is 8.96.